The van der Waals surface area contributed by atoms with E-state index in [0.29, 0.717) is 28.3 Å². The van der Waals surface area contributed by atoms with Crippen LogP contribution in [0.3, 0.4) is 0 Å². The summed E-state index contributed by atoms with van der Waals surface area (Å²) in [5.74, 6) is -0.750. The Hall–Kier alpha value is -3.06. The van der Waals surface area contributed by atoms with Crippen molar-refractivity contribution in [2.24, 2.45) is 5.73 Å². The number of amides is 1. The minimum Gasteiger partial charge on any atom is -0.462 e. The molecule has 6 nitrogen and oxygen atoms in total. The fraction of sp³-hybridized carbons (Fsp3) is 0.105. The van der Waals surface area contributed by atoms with E-state index < -0.39 is 5.97 Å². The van der Waals surface area contributed by atoms with Crippen molar-refractivity contribution in [3.63, 3.8) is 0 Å². The normalized spacial score (nSPS) is 10.9. The highest BCUT2D eigenvalue weighted by molar-refractivity contribution is 8.21. The second-order valence-corrected chi connectivity index (χ2v) is 6.21. The Kier molecular flexibility index (Phi) is 6.99. The van der Waals surface area contributed by atoms with E-state index in [0.717, 1.165) is 11.8 Å². The quantitative estimate of drug-likeness (QED) is 0.313. The van der Waals surface area contributed by atoms with Crippen LogP contribution in [0.4, 0.5) is 5.69 Å². The molecule has 134 valence electrons. The summed E-state index contributed by atoms with van der Waals surface area (Å²) in [7, 11) is 0. The SMILES string of the molecule is CCOC(=O)c1ccc(C(=CC(=O)Nc2ccccc2)SC(=N)N)cc1. The number of carbonyl (C=O) groups is 2. The van der Waals surface area contributed by atoms with E-state index >= 15 is 0 Å². The number of anilines is 1. The summed E-state index contributed by atoms with van der Waals surface area (Å²) in [5, 5.41) is 10.1. The van der Waals surface area contributed by atoms with Crippen molar-refractivity contribution < 1.29 is 14.3 Å². The number of esters is 1. The predicted octanol–water partition coefficient (Wildman–Crippen LogP) is 3.47. The summed E-state index contributed by atoms with van der Waals surface area (Å²) in [6.45, 7) is 2.04. The minimum absolute atomic E-state index is 0.141. The summed E-state index contributed by atoms with van der Waals surface area (Å²) in [6, 6.07) is 15.6. The maximum absolute atomic E-state index is 12.3. The van der Waals surface area contributed by atoms with E-state index in [1.54, 1.807) is 43.3 Å². The molecule has 1 amide bonds. The van der Waals surface area contributed by atoms with Crippen LogP contribution in [0.1, 0.15) is 22.8 Å². The predicted molar refractivity (Wildman–Crippen MR) is 105 cm³/mol. The van der Waals surface area contributed by atoms with E-state index in [1.165, 1.54) is 6.08 Å². The Morgan fingerprint density at radius 2 is 1.73 bits per heavy atom. The highest BCUT2D eigenvalue weighted by atomic mass is 32.2. The van der Waals surface area contributed by atoms with Crippen LogP contribution in [0.2, 0.25) is 0 Å². The summed E-state index contributed by atoms with van der Waals surface area (Å²) < 4.78 is 4.95. The molecule has 0 saturated heterocycles. The topological polar surface area (TPSA) is 105 Å². The van der Waals surface area contributed by atoms with Gasteiger partial charge in [0.05, 0.1) is 12.2 Å². The number of ether oxygens (including phenoxy) is 1. The number of hydrogen-bond acceptors (Lipinski definition) is 5. The van der Waals surface area contributed by atoms with Gasteiger partial charge in [-0.25, -0.2) is 4.79 Å². The number of nitrogens with two attached hydrogens (primary N) is 1. The Labute approximate surface area is 155 Å². The molecule has 0 aliphatic rings. The Morgan fingerprint density at radius 3 is 2.31 bits per heavy atom. The van der Waals surface area contributed by atoms with Crippen molar-refractivity contribution >= 4 is 39.4 Å². The average molecular weight is 369 g/mol. The molecular weight excluding hydrogens is 350 g/mol. The van der Waals surface area contributed by atoms with Crippen molar-refractivity contribution in [3.8, 4) is 0 Å². The first-order valence-electron chi connectivity index (χ1n) is 7.86. The first-order valence-corrected chi connectivity index (χ1v) is 8.68. The van der Waals surface area contributed by atoms with Crippen LogP contribution < -0.4 is 11.1 Å². The first-order chi connectivity index (χ1) is 12.5. The van der Waals surface area contributed by atoms with Crippen LogP contribution in [0.15, 0.2) is 60.7 Å². The number of carbonyl (C=O) groups excluding carboxylic acids is 2. The third-order valence-electron chi connectivity index (χ3n) is 3.20. The fourth-order valence-corrected chi connectivity index (χ4v) is 2.75. The molecule has 0 heterocycles. The molecule has 0 unspecified atom stereocenters. The van der Waals surface area contributed by atoms with Crippen molar-refractivity contribution in [1.82, 2.24) is 0 Å². The van der Waals surface area contributed by atoms with Crippen LogP contribution in [-0.2, 0) is 9.53 Å². The van der Waals surface area contributed by atoms with Gasteiger partial charge in [0.2, 0.25) is 5.91 Å². The Balaban J connectivity index is 2.22. The monoisotopic (exact) mass is 369 g/mol. The smallest absolute Gasteiger partial charge is 0.338 e. The number of benzene rings is 2. The van der Waals surface area contributed by atoms with Gasteiger partial charge in [0.1, 0.15) is 0 Å². The van der Waals surface area contributed by atoms with E-state index in [-0.39, 0.29) is 11.1 Å². The van der Waals surface area contributed by atoms with Gasteiger partial charge in [-0.05, 0) is 36.8 Å². The molecular formula is C19H19N3O3S. The first kappa shape index (κ1) is 19.3. The lowest BCUT2D eigenvalue weighted by Crippen LogP contribution is -2.10. The zero-order chi connectivity index (χ0) is 18.9. The van der Waals surface area contributed by atoms with Crippen molar-refractivity contribution in [3.05, 3.63) is 71.8 Å². The zero-order valence-electron chi connectivity index (χ0n) is 14.2. The maximum Gasteiger partial charge on any atom is 0.338 e. The highest BCUT2D eigenvalue weighted by Gasteiger charge is 2.11. The molecule has 0 fully saturated rings. The molecule has 7 heteroatoms. The molecule has 4 N–H and O–H groups in total. The third kappa shape index (κ3) is 5.78. The molecule has 0 saturated carbocycles. The molecule has 0 radical (unpaired) electrons. The molecule has 0 spiro atoms. The van der Waals surface area contributed by atoms with Gasteiger partial charge in [-0.1, -0.05) is 42.1 Å². The van der Waals surface area contributed by atoms with Crippen molar-refractivity contribution in [2.45, 2.75) is 6.92 Å². The van der Waals surface area contributed by atoms with E-state index in [4.69, 9.17) is 15.9 Å². The summed E-state index contributed by atoms with van der Waals surface area (Å²) in [5.41, 5.74) is 7.22. The van der Waals surface area contributed by atoms with Gasteiger partial charge in [-0.15, -0.1) is 0 Å². The molecule has 26 heavy (non-hydrogen) atoms. The number of amidine groups is 1. The molecule has 0 aliphatic heterocycles. The molecule has 0 bridgehead atoms. The summed E-state index contributed by atoms with van der Waals surface area (Å²) >= 11 is 0.961. The van der Waals surface area contributed by atoms with Gasteiger partial charge < -0.3 is 15.8 Å². The lowest BCUT2D eigenvalue weighted by Gasteiger charge is -2.08. The van der Waals surface area contributed by atoms with Gasteiger partial charge in [0.25, 0.3) is 0 Å². The number of hydrogen-bond donors (Lipinski definition) is 3. The van der Waals surface area contributed by atoms with Crippen LogP contribution in [0, 0.1) is 5.41 Å². The molecule has 0 aromatic heterocycles. The molecule has 2 aromatic rings. The van der Waals surface area contributed by atoms with Crippen LogP contribution in [-0.4, -0.2) is 23.7 Å². The largest absolute Gasteiger partial charge is 0.462 e. The van der Waals surface area contributed by atoms with Gasteiger partial charge in [0, 0.05) is 16.7 Å². The second-order valence-electron chi connectivity index (χ2n) is 5.13. The summed E-state index contributed by atoms with van der Waals surface area (Å²) in [4.78, 5) is 24.5. The maximum atomic E-state index is 12.3. The Morgan fingerprint density at radius 1 is 1.12 bits per heavy atom. The zero-order valence-corrected chi connectivity index (χ0v) is 15.0. The van der Waals surface area contributed by atoms with Crippen molar-refractivity contribution in [2.75, 3.05) is 11.9 Å². The van der Waals surface area contributed by atoms with Crippen molar-refractivity contribution in [1.29, 1.82) is 5.41 Å². The van der Waals surface area contributed by atoms with Crippen LogP contribution in [0.5, 0.6) is 0 Å². The fourth-order valence-electron chi connectivity index (χ4n) is 2.09. The third-order valence-corrected chi connectivity index (χ3v) is 4.00. The molecule has 2 rings (SSSR count). The van der Waals surface area contributed by atoms with E-state index in [1.807, 2.05) is 18.2 Å². The Bertz CT molecular complexity index is 818. The average Bonchev–Trinajstić information content (AvgIpc) is 2.62. The highest BCUT2D eigenvalue weighted by Crippen LogP contribution is 2.27. The molecule has 2 aromatic carbocycles. The lowest BCUT2D eigenvalue weighted by molar-refractivity contribution is -0.111. The number of nitrogens with one attached hydrogen (secondary N) is 2. The number of rotatable bonds is 6. The van der Waals surface area contributed by atoms with Gasteiger partial charge in [0.15, 0.2) is 5.17 Å². The number of para-hydroxylation sites is 1. The van der Waals surface area contributed by atoms with Gasteiger partial charge in [-0.3, -0.25) is 10.2 Å². The van der Waals surface area contributed by atoms with Crippen LogP contribution in [0.25, 0.3) is 4.91 Å². The second kappa shape index (κ2) is 9.43. The minimum atomic E-state index is -0.411. The van der Waals surface area contributed by atoms with Gasteiger partial charge in [-0.2, -0.15) is 0 Å². The standard InChI is InChI=1S/C19H19N3O3S/c1-2-25-18(24)14-10-8-13(9-11-14)16(26-19(20)21)12-17(23)22-15-6-4-3-5-7-15/h3-12H,2H2,1H3,(H3,20,21)(H,22,23). The van der Waals surface area contributed by atoms with E-state index in [9.17, 15) is 9.59 Å². The summed E-state index contributed by atoms with van der Waals surface area (Å²) in [6.07, 6.45) is 1.37. The van der Waals surface area contributed by atoms with E-state index in [2.05, 4.69) is 5.32 Å². The lowest BCUT2D eigenvalue weighted by atomic mass is 10.1. The number of thioether (sulfide) groups is 1. The molecule has 0 aliphatic carbocycles. The van der Waals surface area contributed by atoms with Crippen LogP contribution >= 0.6 is 11.8 Å². The van der Waals surface area contributed by atoms with Gasteiger partial charge >= 0.3 is 5.97 Å². The molecule has 0 atom stereocenters.